The van der Waals surface area contributed by atoms with Crippen LogP contribution < -0.4 is 5.32 Å². The van der Waals surface area contributed by atoms with Crippen LogP contribution in [0.15, 0.2) is 29.2 Å². The molecule has 1 aliphatic heterocycles. The maximum absolute atomic E-state index is 12.4. The summed E-state index contributed by atoms with van der Waals surface area (Å²) in [6.07, 6.45) is 2.10. The van der Waals surface area contributed by atoms with Crippen molar-refractivity contribution in [3.8, 4) is 0 Å². The number of ether oxygens (including phenoxy) is 1. The summed E-state index contributed by atoms with van der Waals surface area (Å²) in [5, 5.41) is 3.30. The van der Waals surface area contributed by atoms with Crippen LogP contribution in [0, 0.1) is 6.92 Å². The Kier molecular flexibility index (Phi) is 5.07. The van der Waals surface area contributed by atoms with Crippen LogP contribution in [0.4, 0.5) is 0 Å². The Morgan fingerprint density at radius 3 is 2.57 bits per heavy atom. The molecule has 2 atom stereocenters. The van der Waals surface area contributed by atoms with E-state index in [1.807, 2.05) is 26.0 Å². The van der Waals surface area contributed by atoms with Crippen LogP contribution in [0.2, 0.25) is 0 Å². The highest BCUT2D eigenvalue weighted by Gasteiger charge is 2.30. The summed E-state index contributed by atoms with van der Waals surface area (Å²) in [5.74, 6) is 0.103. The fourth-order valence-electron chi connectivity index (χ4n) is 2.60. The maximum Gasteiger partial charge on any atom is 0.179 e. The van der Waals surface area contributed by atoms with Gasteiger partial charge in [-0.15, -0.1) is 0 Å². The number of nitrogens with one attached hydrogen (secondary N) is 1. The molecule has 1 saturated heterocycles. The molecule has 1 fully saturated rings. The van der Waals surface area contributed by atoms with E-state index in [-0.39, 0.29) is 17.4 Å². The van der Waals surface area contributed by atoms with Gasteiger partial charge in [-0.3, -0.25) is 0 Å². The zero-order chi connectivity index (χ0) is 15.5. The van der Waals surface area contributed by atoms with Gasteiger partial charge in [-0.05, 0) is 45.7 Å². The Labute approximate surface area is 127 Å². The molecule has 4 nitrogen and oxygen atoms in total. The first-order valence-corrected chi connectivity index (χ1v) is 9.13. The third-order valence-corrected chi connectivity index (χ3v) is 5.90. The molecule has 0 radical (unpaired) electrons. The van der Waals surface area contributed by atoms with Crippen LogP contribution in [0.1, 0.15) is 32.3 Å². The van der Waals surface area contributed by atoms with Gasteiger partial charge in [0, 0.05) is 19.2 Å². The van der Waals surface area contributed by atoms with E-state index >= 15 is 0 Å². The molecule has 21 heavy (non-hydrogen) atoms. The molecular weight excluding hydrogens is 286 g/mol. The summed E-state index contributed by atoms with van der Waals surface area (Å²) in [6, 6.07) is 6.92. The van der Waals surface area contributed by atoms with Crippen molar-refractivity contribution >= 4 is 9.84 Å². The minimum atomic E-state index is -3.25. The smallest absolute Gasteiger partial charge is 0.179 e. The minimum Gasteiger partial charge on any atom is -0.374 e. The van der Waals surface area contributed by atoms with Crippen molar-refractivity contribution in [3.63, 3.8) is 0 Å². The van der Waals surface area contributed by atoms with Crippen LogP contribution in [0.25, 0.3) is 0 Å². The summed E-state index contributed by atoms with van der Waals surface area (Å²) in [7, 11) is -3.25. The van der Waals surface area contributed by atoms with E-state index in [0.29, 0.717) is 11.4 Å². The van der Waals surface area contributed by atoms with Gasteiger partial charge in [0.2, 0.25) is 0 Å². The molecule has 1 heterocycles. The van der Waals surface area contributed by atoms with Crippen molar-refractivity contribution in [2.45, 2.75) is 50.2 Å². The summed E-state index contributed by atoms with van der Waals surface area (Å²) >= 11 is 0. The molecule has 0 aliphatic carbocycles. The Hall–Kier alpha value is -0.910. The van der Waals surface area contributed by atoms with Gasteiger partial charge >= 0.3 is 0 Å². The van der Waals surface area contributed by atoms with Crippen LogP contribution in [-0.4, -0.2) is 39.0 Å². The lowest BCUT2D eigenvalue weighted by Crippen LogP contribution is -2.43. The van der Waals surface area contributed by atoms with Gasteiger partial charge in [-0.1, -0.05) is 17.7 Å². The summed E-state index contributed by atoms with van der Waals surface area (Å²) < 4.78 is 30.4. The minimum absolute atomic E-state index is 0.0997. The van der Waals surface area contributed by atoms with Crippen molar-refractivity contribution in [1.82, 2.24) is 5.32 Å². The molecule has 0 aromatic heterocycles. The lowest BCUT2D eigenvalue weighted by Gasteiger charge is -2.26. The number of rotatable bonds is 6. The van der Waals surface area contributed by atoms with Gasteiger partial charge in [0.1, 0.15) is 0 Å². The molecule has 1 aromatic carbocycles. The molecule has 5 heteroatoms. The van der Waals surface area contributed by atoms with Crippen LogP contribution in [0.3, 0.4) is 0 Å². The van der Waals surface area contributed by atoms with Crippen molar-refractivity contribution in [2.24, 2.45) is 0 Å². The average Bonchev–Trinajstić information content (AvgIpc) is 2.84. The van der Waals surface area contributed by atoms with E-state index in [9.17, 15) is 8.42 Å². The van der Waals surface area contributed by atoms with E-state index in [4.69, 9.17) is 4.74 Å². The molecule has 1 aromatic rings. The van der Waals surface area contributed by atoms with E-state index < -0.39 is 9.84 Å². The summed E-state index contributed by atoms with van der Waals surface area (Å²) in [5.41, 5.74) is 0.911. The molecule has 0 spiro atoms. The highest BCUT2D eigenvalue weighted by atomic mass is 32.2. The Morgan fingerprint density at radius 2 is 2.00 bits per heavy atom. The SMILES string of the molecule is Cc1ccc(S(=O)(=O)CC(C)NCC2(C)CCCO2)cc1. The number of aryl methyl sites for hydroxylation is 1. The van der Waals surface area contributed by atoms with Crippen LogP contribution in [-0.2, 0) is 14.6 Å². The first-order chi connectivity index (χ1) is 9.81. The monoisotopic (exact) mass is 311 g/mol. The molecule has 0 saturated carbocycles. The van der Waals surface area contributed by atoms with Crippen molar-refractivity contribution in [1.29, 1.82) is 0 Å². The highest BCUT2D eigenvalue weighted by molar-refractivity contribution is 7.91. The Morgan fingerprint density at radius 1 is 1.33 bits per heavy atom. The standard InChI is InChI=1S/C16H25NO3S/c1-13-5-7-15(8-6-13)21(18,19)11-14(2)17-12-16(3)9-4-10-20-16/h5-8,14,17H,4,9-12H2,1-3H3. The van der Waals surface area contributed by atoms with Gasteiger partial charge in [-0.25, -0.2) is 8.42 Å². The first kappa shape index (κ1) is 16.5. The predicted molar refractivity (Wildman–Crippen MR) is 84.3 cm³/mol. The van der Waals surface area contributed by atoms with Crippen molar-refractivity contribution < 1.29 is 13.2 Å². The second kappa shape index (κ2) is 6.46. The number of hydrogen-bond donors (Lipinski definition) is 1. The number of sulfone groups is 1. The largest absolute Gasteiger partial charge is 0.374 e. The quantitative estimate of drug-likeness (QED) is 0.876. The molecular formula is C16H25NO3S. The summed E-state index contributed by atoms with van der Waals surface area (Å²) in [4.78, 5) is 0.394. The van der Waals surface area contributed by atoms with Gasteiger partial charge in [0.25, 0.3) is 0 Å². The zero-order valence-electron chi connectivity index (χ0n) is 13.1. The Balaban J connectivity index is 1.92. The normalized spacial score (nSPS) is 24.1. The molecule has 1 aliphatic rings. The topological polar surface area (TPSA) is 55.4 Å². The van der Waals surface area contributed by atoms with E-state index in [0.717, 1.165) is 25.0 Å². The molecule has 118 valence electrons. The highest BCUT2D eigenvalue weighted by Crippen LogP contribution is 2.24. The van der Waals surface area contributed by atoms with Crippen molar-refractivity contribution in [2.75, 3.05) is 18.9 Å². The first-order valence-electron chi connectivity index (χ1n) is 7.48. The zero-order valence-corrected chi connectivity index (χ0v) is 13.9. The molecule has 2 rings (SSSR count). The molecule has 0 bridgehead atoms. The maximum atomic E-state index is 12.4. The van der Waals surface area contributed by atoms with Crippen LogP contribution in [0.5, 0.6) is 0 Å². The average molecular weight is 311 g/mol. The van der Waals surface area contributed by atoms with E-state index in [2.05, 4.69) is 12.2 Å². The van der Waals surface area contributed by atoms with Gasteiger partial charge in [0.15, 0.2) is 9.84 Å². The number of hydrogen-bond acceptors (Lipinski definition) is 4. The van der Waals surface area contributed by atoms with Crippen LogP contribution >= 0.6 is 0 Å². The van der Waals surface area contributed by atoms with E-state index in [1.54, 1.807) is 12.1 Å². The molecule has 1 N–H and O–H groups in total. The fourth-order valence-corrected chi connectivity index (χ4v) is 4.12. The predicted octanol–water partition coefficient (Wildman–Crippen LogP) is 2.32. The fraction of sp³-hybridized carbons (Fsp3) is 0.625. The second-order valence-corrected chi connectivity index (χ2v) is 8.31. The van der Waals surface area contributed by atoms with Gasteiger partial charge in [0.05, 0.1) is 16.2 Å². The van der Waals surface area contributed by atoms with Gasteiger partial charge < -0.3 is 10.1 Å². The Bertz CT molecular complexity index is 560. The van der Waals surface area contributed by atoms with E-state index in [1.165, 1.54) is 0 Å². The lowest BCUT2D eigenvalue weighted by molar-refractivity contribution is 0.0196. The van der Waals surface area contributed by atoms with Gasteiger partial charge in [-0.2, -0.15) is 0 Å². The molecule has 0 amide bonds. The number of benzene rings is 1. The lowest BCUT2D eigenvalue weighted by atomic mass is 10.0. The molecule has 2 unspecified atom stereocenters. The third kappa shape index (κ3) is 4.53. The summed E-state index contributed by atoms with van der Waals surface area (Å²) in [6.45, 7) is 7.42. The third-order valence-electron chi connectivity index (χ3n) is 3.97. The van der Waals surface area contributed by atoms with Crippen molar-refractivity contribution in [3.05, 3.63) is 29.8 Å². The second-order valence-electron chi connectivity index (χ2n) is 6.28.